The number of carbonyl (C=O) groups excluding carboxylic acids is 1. The highest BCUT2D eigenvalue weighted by atomic mass is 32.2. The van der Waals surface area contributed by atoms with Gasteiger partial charge in [0.25, 0.3) is 5.91 Å². The normalized spacial score (nSPS) is 15.8. The first-order valence-corrected chi connectivity index (χ1v) is 13.6. The van der Waals surface area contributed by atoms with E-state index in [9.17, 15) is 4.79 Å². The lowest BCUT2D eigenvalue weighted by Gasteiger charge is -2.18. The summed E-state index contributed by atoms with van der Waals surface area (Å²) in [6.45, 7) is 6.65. The molecule has 0 saturated heterocycles. The Balaban J connectivity index is 1.53. The summed E-state index contributed by atoms with van der Waals surface area (Å²) in [6, 6.07) is 16.2. The van der Waals surface area contributed by atoms with Crippen molar-refractivity contribution in [2.45, 2.75) is 50.2 Å². The van der Waals surface area contributed by atoms with Gasteiger partial charge in [0.1, 0.15) is 10.0 Å². The number of carbonyl (C=O) groups is 1. The fraction of sp³-hybridized carbons (Fsp3) is 0.308. The zero-order chi connectivity index (χ0) is 22.2. The third-order valence-electron chi connectivity index (χ3n) is 5.71. The van der Waals surface area contributed by atoms with E-state index in [0.29, 0.717) is 16.7 Å². The Bertz CT molecular complexity index is 1250. The van der Waals surface area contributed by atoms with Gasteiger partial charge in [0.05, 0.1) is 10.2 Å². The van der Waals surface area contributed by atoms with E-state index in [0.717, 1.165) is 38.8 Å². The third kappa shape index (κ3) is 4.36. The minimum Gasteiger partial charge on any atom is -0.313 e. The number of fused-ring (bicyclic) bond motifs is 2. The Kier molecular flexibility index (Phi) is 6.10. The van der Waals surface area contributed by atoms with E-state index in [1.54, 1.807) is 34.4 Å². The minimum atomic E-state index is -0.0507. The lowest BCUT2D eigenvalue weighted by molar-refractivity contribution is 0.102. The molecule has 2 aromatic heterocycles. The number of amides is 1. The van der Waals surface area contributed by atoms with E-state index in [4.69, 9.17) is 4.98 Å². The van der Waals surface area contributed by atoms with Crippen molar-refractivity contribution in [3.63, 3.8) is 0 Å². The van der Waals surface area contributed by atoms with Crippen molar-refractivity contribution in [1.82, 2.24) is 4.98 Å². The summed E-state index contributed by atoms with van der Waals surface area (Å²) in [7, 11) is 0. The second kappa shape index (κ2) is 9.00. The highest BCUT2D eigenvalue weighted by Crippen LogP contribution is 2.47. The smallest absolute Gasteiger partial charge is 0.256 e. The number of hydrogen-bond donors (Lipinski definition) is 1. The van der Waals surface area contributed by atoms with E-state index in [1.807, 2.05) is 24.3 Å². The van der Waals surface area contributed by atoms with Crippen molar-refractivity contribution >= 4 is 55.6 Å². The van der Waals surface area contributed by atoms with Gasteiger partial charge < -0.3 is 5.32 Å². The molecule has 1 aliphatic rings. The maximum absolute atomic E-state index is 13.3. The maximum atomic E-state index is 13.3. The zero-order valence-electron chi connectivity index (χ0n) is 18.5. The number of rotatable bonds is 5. The van der Waals surface area contributed by atoms with Gasteiger partial charge in [-0.3, -0.25) is 4.79 Å². The predicted octanol–water partition coefficient (Wildman–Crippen LogP) is 7.90. The largest absolute Gasteiger partial charge is 0.313 e. The number of aromatic nitrogens is 1. The Hall–Kier alpha value is -2.15. The van der Waals surface area contributed by atoms with Crippen molar-refractivity contribution in [1.29, 1.82) is 0 Å². The van der Waals surface area contributed by atoms with Crippen molar-refractivity contribution in [3.8, 4) is 10.6 Å². The van der Waals surface area contributed by atoms with Crippen LogP contribution in [0.3, 0.4) is 0 Å². The van der Waals surface area contributed by atoms with Crippen LogP contribution >= 0.6 is 34.4 Å². The average molecular weight is 479 g/mol. The monoisotopic (exact) mass is 478 g/mol. The van der Waals surface area contributed by atoms with Crippen LogP contribution < -0.4 is 5.32 Å². The van der Waals surface area contributed by atoms with Gasteiger partial charge in [0.15, 0.2) is 0 Å². The highest BCUT2D eigenvalue weighted by Gasteiger charge is 2.27. The summed E-state index contributed by atoms with van der Waals surface area (Å²) in [5.41, 5.74) is 4.24. The molecule has 4 aromatic rings. The van der Waals surface area contributed by atoms with Crippen LogP contribution in [0.15, 0.2) is 53.4 Å². The number of nitrogens with one attached hydrogen (secondary N) is 1. The van der Waals surface area contributed by atoms with E-state index >= 15 is 0 Å². The highest BCUT2D eigenvalue weighted by molar-refractivity contribution is 7.99. The van der Waals surface area contributed by atoms with Crippen LogP contribution in [0.4, 0.5) is 5.00 Å². The van der Waals surface area contributed by atoms with Crippen LogP contribution in [0.5, 0.6) is 0 Å². The van der Waals surface area contributed by atoms with Crippen molar-refractivity contribution in [3.05, 3.63) is 64.5 Å². The molecule has 2 heterocycles. The van der Waals surface area contributed by atoms with Crippen LogP contribution in [0.1, 0.15) is 48.0 Å². The SMILES string of the molecule is CC1CCc2c(sc(NC(=O)c3cccc(SC(C)C)c3)c2-c2nc3ccccc3s2)C1. The molecule has 1 amide bonds. The molecule has 0 aliphatic heterocycles. The first-order valence-electron chi connectivity index (χ1n) is 11.1. The molecule has 0 saturated carbocycles. The molecule has 3 nitrogen and oxygen atoms in total. The van der Waals surface area contributed by atoms with E-state index in [2.05, 4.69) is 50.4 Å². The van der Waals surface area contributed by atoms with Gasteiger partial charge in [-0.05, 0) is 61.1 Å². The maximum Gasteiger partial charge on any atom is 0.256 e. The number of nitrogens with zero attached hydrogens (tertiary/aromatic N) is 1. The molecule has 0 radical (unpaired) electrons. The number of anilines is 1. The van der Waals surface area contributed by atoms with Crippen LogP contribution in [0.25, 0.3) is 20.8 Å². The number of thioether (sulfide) groups is 1. The van der Waals surface area contributed by atoms with Gasteiger partial charge in [-0.25, -0.2) is 4.98 Å². The zero-order valence-corrected chi connectivity index (χ0v) is 20.9. The van der Waals surface area contributed by atoms with Gasteiger partial charge >= 0.3 is 0 Å². The van der Waals surface area contributed by atoms with Crippen molar-refractivity contribution < 1.29 is 4.79 Å². The van der Waals surface area contributed by atoms with E-state index in [1.165, 1.54) is 21.6 Å². The molecule has 1 atom stereocenters. The summed E-state index contributed by atoms with van der Waals surface area (Å²) in [4.78, 5) is 20.7. The minimum absolute atomic E-state index is 0.0507. The molecular weight excluding hydrogens is 453 g/mol. The average Bonchev–Trinajstić information content (AvgIpc) is 3.33. The van der Waals surface area contributed by atoms with E-state index in [-0.39, 0.29) is 5.91 Å². The fourth-order valence-electron chi connectivity index (χ4n) is 4.20. The van der Waals surface area contributed by atoms with Gasteiger partial charge in [-0.15, -0.1) is 34.4 Å². The molecule has 0 fully saturated rings. The summed E-state index contributed by atoms with van der Waals surface area (Å²) < 4.78 is 1.18. The van der Waals surface area contributed by atoms with Gasteiger partial charge in [0.2, 0.25) is 0 Å². The van der Waals surface area contributed by atoms with Crippen LogP contribution in [0, 0.1) is 5.92 Å². The third-order valence-corrected chi connectivity index (χ3v) is 8.94. The van der Waals surface area contributed by atoms with Crippen LogP contribution in [-0.4, -0.2) is 16.1 Å². The Morgan fingerprint density at radius 1 is 1.16 bits per heavy atom. The number of hydrogen-bond acceptors (Lipinski definition) is 5. The second-order valence-corrected chi connectivity index (χ2v) is 12.5. The summed E-state index contributed by atoms with van der Waals surface area (Å²) in [5, 5.41) is 5.69. The molecule has 164 valence electrons. The first kappa shape index (κ1) is 21.7. The second-order valence-electron chi connectivity index (χ2n) is 8.69. The predicted molar refractivity (Wildman–Crippen MR) is 140 cm³/mol. The quantitative estimate of drug-likeness (QED) is 0.296. The van der Waals surface area contributed by atoms with Crippen LogP contribution in [0.2, 0.25) is 0 Å². The molecule has 5 rings (SSSR count). The topological polar surface area (TPSA) is 42.0 Å². The van der Waals surface area contributed by atoms with Crippen molar-refractivity contribution in [2.75, 3.05) is 5.32 Å². The van der Waals surface area contributed by atoms with Gasteiger partial charge in [-0.1, -0.05) is 39.0 Å². The first-order chi connectivity index (χ1) is 15.5. The molecule has 2 aromatic carbocycles. The summed E-state index contributed by atoms with van der Waals surface area (Å²) >= 11 is 5.23. The van der Waals surface area contributed by atoms with E-state index < -0.39 is 0 Å². The molecule has 0 bridgehead atoms. The number of thiazole rings is 1. The summed E-state index contributed by atoms with van der Waals surface area (Å²) in [6.07, 6.45) is 3.31. The number of para-hydroxylation sites is 1. The van der Waals surface area contributed by atoms with Gasteiger partial charge in [-0.2, -0.15) is 0 Å². The summed E-state index contributed by atoms with van der Waals surface area (Å²) in [5.74, 6) is 0.628. The van der Waals surface area contributed by atoms with Crippen molar-refractivity contribution in [2.24, 2.45) is 5.92 Å². The lowest BCUT2D eigenvalue weighted by Crippen LogP contribution is -2.12. The molecule has 1 unspecified atom stereocenters. The molecule has 0 spiro atoms. The number of thiophene rings is 1. The fourth-order valence-corrected chi connectivity index (χ4v) is 7.62. The molecule has 6 heteroatoms. The van der Waals surface area contributed by atoms with Gasteiger partial charge in [0, 0.05) is 26.1 Å². The standard InChI is InChI=1S/C26H26N2OS3/c1-15(2)30-18-8-6-7-17(14-18)24(29)28-26-23(19-12-11-16(3)13-22(19)32-26)25-27-20-9-4-5-10-21(20)31-25/h4-10,14-16H,11-13H2,1-3H3,(H,28,29). The molecule has 1 N–H and O–H groups in total. The molecule has 1 aliphatic carbocycles. The molecule has 32 heavy (non-hydrogen) atoms. The van der Waals surface area contributed by atoms with Crippen LogP contribution in [-0.2, 0) is 12.8 Å². The Morgan fingerprint density at radius 2 is 2.00 bits per heavy atom. The Morgan fingerprint density at radius 3 is 2.81 bits per heavy atom. The Labute approximate surface area is 201 Å². The number of benzene rings is 2. The molecular formula is C26H26N2OS3. The lowest BCUT2D eigenvalue weighted by atomic mass is 9.88.